The van der Waals surface area contributed by atoms with E-state index in [2.05, 4.69) is 4.98 Å². The second-order valence-electron chi connectivity index (χ2n) is 6.40. The molecule has 26 heavy (non-hydrogen) atoms. The highest BCUT2D eigenvalue weighted by atomic mass is 32.1. The van der Waals surface area contributed by atoms with E-state index in [-0.39, 0.29) is 25.1 Å². The summed E-state index contributed by atoms with van der Waals surface area (Å²) in [4.78, 5) is 20.2. The molecule has 1 N–H and O–H groups in total. The van der Waals surface area contributed by atoms with Gasteiger partial charge in [0.25, 0.3) is 5.91 Å². The second kappa shape index (κ2) is 7.84. The fraction of sp³-hybridized carbons (Fsp3) is 0.474. The van der Waals surface area contributed by atoms with Crippen molar-refractivity contribution in [2.75, 3.05) is 27.4 Å². The molecule has 0 bridgehead atoms. The third-order valence-electron chi connectivity index (χ3n) is 4.90. The molecule has 1 aliphatic rings. The minimum atomic E-state index is -0.839. The number of nitrogens with zero attached hydrogens (tertiary/aromatic N) is 2. The van der Waals surface area contributed by atoms with Crippen molar-refractivity contribution < 1.29 is 19.4 Å². The van der Waals surface area contributed by atoms with E-state index >= 15 is 0 Å². The number of hydrogen-bond acceptors (Lipinski definition) is 6. The van der Waals surface area contributed by atoms with Crippen LogP contribution < -0.4 is 0 Å². The Morgan fingerprint density at radius 2 is 2.04 bits per heavy atom. The molecule has 2 aromatic rings. The van der Waals surface area contributed by atoms with Crippen LogP contribution in [0.15, 0.2) is 30.3 Å². The van der Waals surface area contributed by atoms with Crippen LogP contribution in [-0.4, -0.2) is 60.1 Å². The van der Waals surface area contributed by atoms with Crippen molar-refractivity contribution >= 4 is 17.2 Å². The number of aliphatic hydroxyl groups is 1. The lowest BCUT2D eigenvalue weighted by molar-refractivity contribution is -0.234. The summed E-state index contributed by atoms with van der Waals surface area (Å²) in [6.07, 6.45) is 1.24. The topological polar surface area (TPSA) is 71.9 Å². The third kappa shape index (κ3) is 3.53. The number of methoxy groups -OCH3 is 2. The summed E-state index contributed by atoms with van der Waals surface area (Å²) in [6, 6.07) is 9.42. The number of aliphatic hydroxyl groups excluding tert-OH is 1. The van der Waals surface area contributed by atoms with Gasteiger partial charge in [0, 0.05) is 26.2 Å². The number of amides is 1. The van der Waals surface area contributed by atoms with Crippen molar-refractivity contribution in [2.45, 2.75) is 31.6 Å². The van der Waals surface area contributed by atoms with Gasteiger partial charge in [-0.25, -0.2) is 4.98 Å². The summed E-state index contributed by atoms with van der Waals surface area (Å²) in [6.45, 7) is 2.07. The lowest BCUT2D eigenvalue weighted by Crippen LogP contribution is -2.57. The van der Waals surface area contributed by atoms with Gasteiger partial charge in [0.15, 0.2) is 5.79 Å². The first kappa shape index (κ1) is 19.0. The minimum absolute atomic E-state index is 0.0896. The predicted octanol–water partition coefficient (Wildman–Crippen LogP) is 2.70. The summed E-state index contributed by atoms with van der Waals surface area (Å²) in [5.74, 6) is -0.986. The molecule has 3 rings (SSSR count). The Balaban J connectivity index is 1.97. The van der Waals surface area contributed by atoms with Crippen molar-refractivity contribution in [2.24, 2.45) is 0 Å². The van der Waals surface area contributed by atoms with Gasteiger partial charge in [0.1, 0.15) is 4.88 Å². The SMILES string of the molecule is COC1(OC)CCC(CO)N(C(=O)c2sc(C)nc2-c2ccccc2)C1. The van der Waals surface area contributed by atoms with Crippen LogP contribution in [0.2, 0.25) is 0 Å². The molecule has 7 heteroatoms. The summed E-state index contributed by atoms with van der Waals surface area (Å²) in [5.41, 5.74) is 1.59. The van der Waals surface area contributed by atoms with E-state index in [1.165, 1.54) is 11.3 Å². The number of piperidine rings is 1. The normalized spacial score (nSPS) is 19.5. The highest BCUT2D eigenvalue weighted by Crippen LogP contribution is 2.34. The molecule has 1 unspecified atom stereocenters. The van der Waals surface area contributed by atoms with Crippen LogP contribution in [0.4, 0.5) is 0 Å². The largest absolute Gasteiger partial charge is 0.394 e. The first-order chi connectivity index (χ1) is 12.5. The second-order valence-corrected chi connectivity index (χ2v) is 7.61. The van der Waals surface area contributed by atoms with Crippen molar-refractivity contribution in [3.05, 3.63) is 40.2 Å². The fourth-order valence-electron chi connectivity index (χ4n) is 3.35. The number of aromatic nitrogens is 1. The fourth-order valence-corrected chi connectivity index (χ4v) is 4.25. The van der Waals surface area contributed by atoms with Crippen LogP contribution in [0.3, 0.4) is 0 Å². The first-order valence-electron chi connectivity index (χ1n) is 8.58. The zero-order valence-electron chi connectivity index (χ0n) is 15.3. The average Bonchev–Trinajstić information content (AvgIpc) is 3.09. The number of ether oxygens (including phenoxy) is 2. The Morgan fingerprint density at radius 3 is 2.65 bits per heavy atom. The maximum atomic E-state index is 13.4. The predicted molar refractivity (Wildman–Crippen MR) is 100 cm³/mol. The van der Waals surface area contributed by atoms with Gasteiger partial charge in [0.05, 0.1) is 29.9 Å². The molecule has 1 saturated heterocycles. The molecule has 0 aliphatic carbocycles. The summed E-state index contributed by atoms with van der Waals surface area (Å²) in [5, 5.41) is 10.6. The van der Waals surface area contributed by atoms with Gasteiger partial charge >= 0.3 is 0 Å². The van der Waals surface area contributed by atoms with Gasteiger partial charge in [-0.2, -0.15) is 0 Å². The van der Waals surface area contributed by atoms with E-state index in [0.29, 0.717) is 23.4 Å². The van der Waals surface area contributed by atoms with Crippen LogP contribution in [0.5, 0.6) is 0 Å². The van der Waals surface area contributed by atoms with E-state index < -0.39 is 5.79 Å². The van der Waals surface area contributed by atoms with Crippen LogP contribution in [0, 0.1) is 6.92 Å². The van der Waals surface area contributed by atoms with Gasteiger partial charge in [-0.05, 0) is 13.3 Å². The van der Waals surface area contributed by atoms with Gasteiger partial charge in [0.2, 0.25) is 0 Å². The molecule has 1 amide bonds. The molecule has 1 atom stereocenters. The average molecular weight is 376 g/mol. The molecule has 1 aromatic heterocycles. The lowest BCUT2D eigenvalue weighted by Gasteiger charge is -2.44. The number of carbonyl (C=O) groups excluding carboxylic acids is 1. The maximum Gasteiger partial charge on any atom is 0.266 e. The highest BCUT2D eigenvalue weighted by molar-refractivity contribution is 7.14. The monoisotopic (exact) mass is 376 g/mol. The highest BCUT2D eigenvalue weighted by Gasteiger charge is 2.43. The molecular formula is C19H24N2O4S. The lowest BCUT2D eigenvalue weighted by atomic mass is 9.96. The Bertz CT molecular complexity index is 758. The number of benzene rings is 1. The molecule has 2 heterocycles. The van der Waals surface area contributed by atoms with E-state index in [1.807, 2.05) is 37.3 Å². The number of hydrogen-bond donors (Lipinski definition) is 1. The summed E-state index contributed by atoms with van der Waals surface area (Å²) < 4.78 is 11.1. The Morgan fingerprint density at radius 1 is 1.35 bits per heavy atom. The van der Waals surface area contributed by atoms with Gasteiger partial charge in [-0.15, -0.1) is 11.3 Å². The quantitative estimate of drug-likeness (QED) is 0.813. The van der Waals surface area contributed by atoms with Gasteiger partial charge in [-0.3, -0.25) is 4.79 Å². The number of carbonyl (C=O) groups is 1. The summed E-state index contributed by atoms with van der Waals surface area (Å²) in [7, 11) is 3.16. The third-order valence-corrected chi connectivity index (χ3v) is 5.86. The molecule has 0 radical (unpaired) electrons. The van der Waals surface area contributed by atoms with Crippen LogP contribution in [0.25, 0.3) is 11.3 Å². The van der Waals surface area contributed by atoms with Gasteiger partial charge < -0.3 is 19.5 Å². The molecule has 0 saturated carbocycles. The van der Waals surface area contributed by atoms with Crippen LogP contribution in [-0.2, 0) is 9.47 Å². The Labute approximate surface area is 157 Å². The number of thiazole rings is 1. The minimum Gasteiger partial charge on any atom is -0.394 e. The molecule has 140 valence electrons. The molecule has 1 aromatic carbocycles. The van der Waals surface area contributed by atoms with E-state index in [4.69, 9.17) is 9.47 Å². The van der Waals surface area contributed by atoms with Crippen molar-refractivity contribution in [3.8, 4) is 11.3 Å². The van der Waals surface area contributed by atoms with Crippen molar-refractivity contribution in [1.29, 1.82) is 0 Å². The summed E-state index contributed by atoms with van der Waals surface area (Å²) >= 11 is 1.37. The van der Waals surface area contributed by atoms with E-state index in [0.717, 1.165) is 10.6 Å². The van der Waals surface area contributed by atoms with E-state index in [1.54, 1.807) is 19.1 Å². The van der Waals surface area contributed by atoms with Crippen molar-refractivity contribution in [1.82, 2.24) is 9.88 Å². The Hall–Kier alpha value is -1.80. The zero-order chi connectivity index (χ0) is 18.7. The van der Waals surface area contributed by atoms with Crippen LogP contribution in [0.1, 0.15) is 27.5 Å². The van der Waals surface area contributed by atoms with Crippen molar-refractivity contribution in [3.63, 3.8) is 0 Å². The molecule has 0 spiro atoms. The smallest absolute Gasteiger partial charge is 0.266 e. The number of aryl methyl sites for hydroxylation is 1. The maximum absolute atomic E-state index is 13.4. The number of likely N-dealkylation sites (tertiary alicyclic amines) is 1. The molecule has 6 nitrogen and oxygen atoms in total. The van der Waals surface area contributed by atoms with Crippen LogP contribution >= 0.6 is 11.3 Å². The Kier molecular flexibility index (Phi) is 5.72. The van der Waals surface area contributed by atoms with Gasteiger partial charge in [-0.1, -0.05) is 30.3 Å². The standard InChI is InChI=1S/C19H24N2O4S/c1-13-20-16(14-7-5-4-6-8-14)17(26-13)18(23)21-12-19(24-2,25-3)10-9-15(21)11-22/h4-8,15,22H,9-12H2,1-3H3. The zero-order valence-corrected chi connectivity index (χ0v) is 16.1. The molecule has 1 aliphatic heterocycles. The number of rotatable bonds is 5. The first-order valence-corrected chi connectivity index (χ1v) is 9.40. The van der Waals surface area contributed by atoms with E-state index in [9.17, 15) is 9.90 Å². The molecular weight excluding hydrogens is 352 g/mol. The molecule has 1 fully saturated rings.